The molecule has 78 valence electrons. The first-order valence-electron chi connectivity index (χ1n) is 4.15. The van der Waals surface area contributed by atoms with Crippen LogP contribution in [0.1, 0.15) is 13.3 Å². The second-order valence-corrected chi connectivity index (χ2v) is 5.44. The summed E-state index contributed by atoms with van der Waals surface area (Å²) in [6.45, 7) is 1.84. The number of hydrogen-bond acceptors (Lipinski definition) is 5. The number of rotatable bonds is 8. The Labute approximate surface area is 87.3 Å². The second-order valence-electron chi connectivity index (χ2n) is 2.52. The highest BCUT2D eigenvalue weighted by Crippen LogP contribution is 2.26. The Kier molecular flexibility index (Phi) is 9.07. The Morgan fingerprint density at radius 2 is 1.69 bits per heavy atom. The molecule has 0 radical (unpaired) electrons. The lowest BCUT2D eigenvalue weighted by molar-refractivity contribution is -0.116. The molecule has 13 heavy (non-hydrogen) atoms. The molecule has 0 aromatic heterocycles. The Morgan fingerprint density at radius 1 is 1.23 bits per heavy atom. The van der Waals surface area contributed by atoms with Gasteiger partial charge in [-0.2, -0.15) is 0 Å². The van der Waals surface area contributed by atoms with Crippen LogP contribution in [0.25, 0.3) is 0 Å². The maximum Gasteiger partial charge on any atom is 0.131 e. The molecule has 0 saturated carbocycles. The van der Waals surface area contributed by atoms with E-state index >= 15 is 0 Å². The number of Topliss-reactive ketones (excluding diaryl/α,β-unsaturated/α-hetero) is 1. The lowest BCUT2D eigenvalue weighted by Crippen LogP contribution is -2.07. The Morgan fingerprint density at radius 3 is 2.00 bits per heavy atom. The van der Waals surface area contributed by atoms with Crippen LogP contribution in [0.2, 0.25) is 0 Å². The van der Waals surface area contributed by atoms with Gasteiger partial charge in [0.1, 0.15) is 5.78 Å². The van der Waals surface area contributed by atoms with Gasteiger partial charge in [-0.1, -0.05) is 0 Å². The van der Waals surface area contributed by atoms with Crippen molar-refractivity contribution in [1.29, 1.82) is 0 Å². The third-order valence-electron chi connectivity index (χ3n) is 1.24. The molecule has 0 spiro atoms. The Balaban J connectivity index is 3.66. The molecular weight excluding hydrogens is 208 g/mol. The maximum absolute atomic E-state index is 10.8. The van der Waals surface area contributed by atoms with Gasteiger partial charge in [-0.15, -0.1) is 23.5 Å². The summed E-state index contributed by atoms with van der Waals surface area (Å²) < 4.78 is 0.178. The topological polar surface area (TPSA) is 57.5 Å². The third kappa shape index (κ3) is 8.62. The number of aliphatic hydroxyl groups is 2. The highest BCUT2D eigenvalue weighted by molar-refractivity contribution is 8.17. The van der Waals surface area contributed by atoms with Crippen molar-refractivity contribution in [2.24, 2.45) is 0 Å². The highest BCUT2D eigenvalue weighted by Gasteiger charge is 2.11. The van der Waals surface area contributed by atoms with E-state index in [2.05, 4.69) is 0 Å². The zero-order valence-electron chi connectivity index (χ0n) is 7.73. The van der Waals surface area contributed by atoms with Gasteiger partial charge in [0.05, 0.1) is 17.8 Å². The van der Waals surface area contributed by atoms with Gasteiger partial charge in [-0.05, 0) is 6.92 Å². The van der Waals surface area contributed by atoms with Gasteiger partial charge < -0.3 is 10.2 Å². The molecule has 0 atom stereocenters. The first-order valence-corrected chi connectivity index (χ1v) is 6.24. The number of carbonyl (C=O) groups excluding carboxylic acids is 1. The van der Waals surface area contributed by atoms with Gasteiger partial charge in [0.25, 0.3) is 0 Å². The van der Waals surface area contributed by atoms with Crippen molar-refractivity contribution < 1.29 is 15.0 Å². The Hall–Kier alpha value is 0.290. The smallest absolute Gasteiger partial charge is 0.131 e. The fraction of sp³-hybridized carbons (Fsp3) is 0.875. The van der Waals surface area contributed by atoms with Crippen molar-refractivity contribution in [3.05, 3.63) is 0 Å². The lowest BCUT2D eigenvalue weighted by atomic mass is 10.3. The summed E-state index contributed by atoms with van der Waals surface area (Å²) >= 11 is 3.14. The van der Waals surface area contributed by atoms with Crippen molar-refractivity contribution in [2.45, 2.75) is 17.9 Å². The van der Waals surface area contributed by atoms with Crippen molar-refractivity contribution in [2.75, 3.05) is 24.7 Å². The number of carbonyl (C=O) groups is 1. The molecule has 0 aromatic carbocycles. The van der Waals surface area contributed by atoms with Crippen LogP contribution in [0.5, 0.6) is 0 Å². The molecule has 0 aliphatic rings. The zero-order valence-corrected chi connectivity index (χ0v) is 9.37. The van der Waals surface area contributed by atoms with Gasteiger partial charge in [0.2, 0.25) is 0 Å². The van der Waals surface area contributed by atoms with Crippen LogP contribution < -0.4 is 0 Å². The fourth-order valence-electron chi connectivity index (χ4n) is 0.769. The molecular formula is C8H16O3S2. The average Bonchev–Trinajstić information content (AvgIpc) is 2.09. The van der Waals surface area contributed by atoms with E-state index in [9.17, 15) is 4.79 Å². The molecule has 0 saturated heterocycles. The van der Waals surface area contributed by atoms with Gasteiger partial charge >= 0.3 is 0 Å². The number of ketones is 1. The minimum atomic E-state index is 0.138. The summed E-state index contributed by atoms with van der Waals surface area (Å²) in [4.78, 5) is 10.8. The van der Waals surface area contributed by atoms with Crippen molar-refractivity contribution in [3.8, 4) is 0 Å². The fourth-order valence-corrected chi connectivity index (χ4v) is 3.17. The highest BCUT2D eigenvalue weighted by atomic mass is 32.2. The quantitative estimate of drug-likeness (QED) is 0.596. The number of thioether (sulfide) groups is 2. The second kappa shape index (κ2) is 8.87. The van der Waals surface area contributed by atoms with Crippen molar-refractivity contribution in [1.82, 2.24) is 0 Å². The predicted octanol–water partition coefficient (Wildman–Crippen LogP) is 0.743. The van der Waals surface area contributed by atoms with Crippen LogP contribution in [0.15, 0.2) is 0 Å². The largest absolute Gasteiger partial charge is 0.396 e. The first kappa shape index (κ1) is 13.3. The summed E-state index contributed by atoms with van der Waals surface area (Å²) in [5.41, 5.74) is 0. The van der Waals surface area contributed by atoms with Crippen LogP contribution >= 0.6 is 23.5 Å². The van der Waals surface area contributed by atoms with E-state index in [1.165, 1.54) is 0 Å². The van der Waals surface area contributed by atoms with Gasteiger partial charge in [-0.25, -0.2) is 0 Å². The molecule has 3 nitrogen and oxygen atoms in total. The average molecular weight is 224 g/mol. The molecule has 0 aliphatic carbocycles. The molecule has 0 heterocycles. The lowest BCUT2D eigenvalue weighted by Gasteiger charge is -2.12. The van der Waals surface area contributed by atoms with E-state index in [-0.39, 0.29) is 23.6 Å². The molecule has 0 aliphatic heterocycles. The van der Waals surface area contributed by atoms with E-state index in [0.29, 0.717) is 17.9 Å². The maximum atomic E-state index is 10.8. The minimum absolute atomic E-state index is 0.138. The SMILES string of the molecule is CC(=O)CC(SCCO)SCCO. The van der Waals surface area contributed by atoms with Gasteiger partial charge in [0.15, 0.2) is 0 Å². The summed E-state index contributed by atoms with van der Waals surface area (Å²) in [7, 11) is 0. The monoisotopic (exact) mass is 224 g/mol. The standard InChI is InChI=1S/C8H16O3S2/c1-7(11)6-8(12-4-2-9)13-5-3-10/h8-10H,2-6H2,1H3. The molecule has 0 aromatic rings. The Bertz CT molecular complexity index is 133. The van der Waals surface area contributed by atoms with E-state index < -0.39 is 0 Å². The van der Waals surface area contributed by atoms with E-state index in [1.54, 1.807) is 30.4 Å². The summed E-state index contributed by atoms with van der Waals surface area (Å²) in [6, 6.07) is 0. The summed E-state index contributed by atoms with van der Waals surface area (Å²) in [5, 5.41) is 17.2. The molecule has 5 heteroatoms. The van der Waals surface area contributed by atoms with Crippen molar-refractivity contribution in [3.63, 3.8) is 0 Å². The van der Waals surface area contributed by atoms with Crippen LogP contribution in [-0.2, 0) is 4.79 Å². The van der Waals surface area contributed by atoms with Crippen LogP contribution in [0, 0.1) is 0 Å². The molecule has 0 bridgehead atoms. The van der Waals surface area contributed by atoms with Crippen LogP contribution in [0.3, 0.4) is 0 Å². The predicted molar refractivity (Wildman–Crippen MR) is 58.2 cm³/mol. The van der Waals surface area contributed by atoms with E-state index in [1.807, 2.05) is 0 Å². The van der Waals surface area contributed by atoms with E-state index in [0.717, 1.165) is 0 Å². The van der Waals surface area contributed by atoms with Crippen molar-refractivity contribution >= 4 is 29.3 Å². The van der Waals surface area contributed by atoms with Gasteiger partial charge in [-0.3, -0.25) is 4.79 Å². The minimum Gasteiger partial charge on any atom is -0.396 e. The van der Waals surface area contributed by atoms with Crippen LogP contribution in [-0.4, -0.2) is 45.3 Å². The molecule has 2 N–H and O–H groups in total. The molecule has 0 fully saturated rings. The van der Waals surface area contributed by atoms with Gasteiger partial charge in [0, 0.05) is 17.9 Å². The normalized spacial score (nSPS) is 10.8. The zero-order chi connectivity index (χ0) is 10.1. The molecule has 0 amide bonds. The molecule has 0 unspecified atom stereocenters. The van der Waals surface area contributed by atoms with Crippen LogP contribution in [0.4, 0.5) is 0 Å². The summed E-state index contributed by atoms with van der Waals surface area (Å²) in [6.07, 6.45) is 0.509. The number of aliphatic hydroxyl groups excluding tert-OH is 2. The third-order valence-corrected chi connectivity index (χ3v) is 3.97. The van der Waals surface area contributed by atoms with E-state index in [4.69, 9.17) is 10.2 Å². The number of hydrogen-bond donors (Lipinski definition) is 2. The summed E-state index contributed by atoms with van der Waals surface area (Å²) in [5.74, 6) is 1.45. The first-order chi connectivity index (χ1) is 6.20. The molecule has 0 rings (SSSR count).